The SMILES string of the molecule is CNc1ncc(-c2ccc3cc(-c4nc5cc(C(=O)N6CC7CCC6[C@@H]7N)cc(OC)c5n4C)n(CC4CC4)c3n2)cn1. The Morgan fingerprint density at radius 2 is 1.91 bits per heavy atom. The zero-order valence-electron chi connectivity index (χ0n) is 24.6. The van der Waals surface area contributed by atoms with E-state index >= 15 is 0 Å². The maximum absolute atomic E-state index is 13.7. The summed E-state index contributed by atoms with van der Waals surface area (Å²) in [5.41, 5.74) is 12.2. The minimum absolute atomic E-state index is 0.00126. The average Bonchev–Trinajstić information content (AvgIpc) is 3.44. The Morgan fingerprint density at radius 3 is 2.58 bits per heavy atom. The molecule has 2 aliphatic carbocycles. The lowest BCUT2D eigenvalue weighted by Gasteiger charge is -2.27. The number of pyridine rings is 1. The van der Waals surface area contributed by atoms with E-state index in [4.69, 9.17) is 20.4 Å². The summed E-state index contributed by atoms with van der Waals surface area (Å²) in [6.45, 7) is 1.59. The van der Waals surface area contributed by atoms with E-state index in [1.165, 1.54) is 12.8 Å². The van der Waals surface area contributed by atoms with Gasteiger partial charge in [-0.2, -0.15) is 0 Å². The molecule has 43 heavy (non-hydrogen) atoms. The van der Waals surface area contributed by atoms with Crippen molar-refractivity contribution in [3.05, 3.63) is 48.3 Å². The van der Waals surface area contributed by atoms with Crippen LogP contribution in [-0.4, -0.2) is 72.7 Å². The number of piperidine rings is 1. The highest BCUT2D eigenvalue weighted by atomic mass is 16.5. The number of nitrogens with two attached hydrogens (primary N) is 1. The van der Waals surface area contributed by atoms with Gasteiger partial charge in [0.15, 0.2) is 5.82 Å². The van der Waals surface area contributed by atoms with Gasteiger partial charge in [0.2, 0.25) is 5.95 Å². The molecule has 2 unspecified atom stereocenters. The van der Waals surface area contributed by atoms with Gasteiger partial charge in [0.05, 0.1) is 24.0 Å². The molecule has 0 radical (unpaired) electrons. The first-order chi connectivity index (χ1) is 20.9. The van der Waals surface area contributed by atoms with Crippen molar-refractivity contribution < 1.29 is 9.53 Å². The molecule has 1 aromatic carbocycles. The number of imidazole rings is 1. The van der Waals surface area contributed by atoms with E-state index in [1.54, 1.807) is 26.6 Å². The van der Waals surface area contributed by atoms with Gasteiger partial charge in [-0.3, -0.25) is 4.79 Å². The van der Waals surface area contributed by atoms with Gasteiger partial charge in [-0.05, 0) is 67.9 Å². The van der Waals surface area contributed by atoms with Gasteiger partial charge in [0.1, 0.15) is 16.9 Å². The van der Waals surface area contributed by atoms with Gasteiger partial charge in [0, 0.05) is 68.2 Å². The summed E-state index contributed by atoms with van der Waals surface area (Å²) in [6, 6.07) is 10.2. The molecule has 4 aromatic heterocycles. The number of hydrogen-bond donors (Lipinski definition) is 2. The van der Waals surface area contributed by atoms with E-state index in [-0.39, 0.29) is 18.0 Å². The fourth-order valence-corrected chi connectivity index (χ4v) is 7.07. The highest BCUT2D eigenvalue weighted by Crippen LogP contribution is 2.40. The zero-order chi connectivity index (χ0) is 29.4. The Labute approximate surface area is 249 Å². The molecule has 220 valence electrons. The number of methoxy groups -OCH3 is 1. The third-order valence-electron chi connectivity index (χ3n) is 9.60. The van der Waals surface area contributed by atoms with Crippen LogP contribution in [0.3, 0.4) is 0 Å². The standard InChI is InChI=1S/C32H35N9O2/c1-34-32-35-13-21(14-36-32)22-8-6-18-11-25(40(29(18)37-22)15-17-4-5-17)30-38-23-10-20(12-26(43-3)28(23)39(30)2)31(42)41-16-19-7-9-24(41)27(19)33/h6,8,10-14,17,19,24,27H,4-5,7,9,15-16,33H2,1-3H3,(H,34,35,36)/t19?,24?,27-/m1/s1. The number of amides is 1. The van der Waals surface area contributed by atoms with Crippen molar-refractivity contribution in [3.63, 3.8) is 0 Å². The van der Waals surface area contributed by atoms with Gasteiger partial charge in [0.25, 0.3) is 5.91 Å². The lowest BCUT2D eigenvalue weighted by Crippen LogP contribution is -2.41. The second-order valence-electron chi connectivity index (χ2n) is 12.2. The number of ether oxygens (including phenoxy) is 1. The Bertz CT molecular complexity index is 1890. The largest absolute Gasteiger partial charge is 0.494 e. The molecule has 11 nitrogen and oxygen atoms in total. The third kappa shape index (κ3) is 4.16. The van der Waals surface area contributed by atoms with Crippen LogP contribution in [0.2, 0.25) is 0 Å². The average molecular weight is 578 g/mol. The molecule has 2 bridgehead atoms. The van der Waals surface area contributed by atoms with Crippen LogP contribution >= 0.6 is 0 Å². The van der Waals surface area contributed by atoms with E-state index in [2.05, 4.69) is 36.6 Å². The second-order valence-corrected chi connectivity index (χ2v) is 12.2. The number of rotatable bonds is 7. The molecule has 11 heteroatoms. The Hall–Kier alpha value is -4.51. The lowest BCUT2D eigenvalue weighted by molar-refractivity contribution is 0.0700. The minimum Gasteiger partial charge on any atom is -0.494 e. The summed E-state index contributed by atoms with van der Waals surface area (Å²) in [4.78, 5) is 34.6. The van der Waals surface area contributed by atoms with Crippen molar-refractivity contribution in [2.24, 2.45) is 24.6 Å². The van der Waals surface area contributed by atoms with Crippen molar-refractivity contribution in [1.29, 1.82) is 0 Å². The van der Waals surface area contributed by atoms with Crippen molar-refractivity contribution >= 4 is 33.9 Å². The number of carbonyl (C=O) groups excluding carboxylic acids is 1. The Kier molecular flexibility index (Phi) is 5.94. The first kappa shape index (κ1) is 26.1. The first-order valence-corrected chi connectivity index (χ1v) is 15.1. The number of fused-ring (bicyclic) bond motifs is 4. The van der Waals surface area contributed by atoms with Crippen LogP contribution in [0.1, 0.15) is 36.0 Å². The number of nitrogens with one attached hydrogen (secondary N) is 1. The van der Waals surface area contributed by atoms with E-state index in [0.717, 1.165) is 70.8 Å². The highest BCUT2D eigenvalue weighted by Gasteiger charge is 2.47. The van der Waals surface area contributed by atoms with Crippen molar-refractivity contribution in [3.8, 4) is 28.5 Å². The van der Waals surface area contributed by atoms with Crippen molar-refractivity contribution in [2.45, 2.75) is 44.3 Å². The summed E-state index contributed by atoms with van der Waals surface area (Å²) in [6.07, 6.45) is 8.08. The summed E-state index contributed by atoms with van der Waals surface area (Å²) < 4.78 is 10.2. The molecule has 3 N–H and O–H groups in total. The molecular weight excluding hydrogens is 542 g/mol. The van der Waals surface area contributed by atoms with Gasteiger partial charge >= 0.3 is 0 Å². The fraction of sp³-hybridized carbons (Fsp3) is 0.406. The van der Waals surface area contributed by atoms with Crippen molar-refractivity contribution in [2.75, 3.05) is 26.0 Å². The molecule has 1 amide bonds. The fourth-order valence-electron chi connectivity index (χ4n) is 7.07. The molecule has 5 aromatic rings. The number of hydrogen-bond acceptors (Lipinski definition) is 8. The Morgan fingerprint density at radius 1 is 1.09 bits per heavy atom. The number of carbonyl (C=O) groups is 1. The molecule has 2 saturated carbocycles. The normalized spacial score (nSPS) is 21.3. The predicted molar refractivity (Wildman–Crippen MR) is 165 cm³/mol. The topological polar surface area (TPSA) is 129 Å². The van der Waals surface area contributed by atoms with Gasteiger partial charge in [-0.1, -0.05) is 0 Å². The van der Waals surface area contributed by atoms with Crippen molar-refractivity contribution in [1.82, 2.24) is 34.0 Å². The number of aromatic nitrogens is 6. The first-order valence-electron chi connectivity index (χ1n) is 15.1. The molecule has 3 atom stereocenters. The Balaban J connectivity index is 1.23. The number of anilines is 1. The second kappa shape index (κ2) is 9.77. The summed E-state index contributed by atoms with van der Waals surface area (Å²) in [5, 5.41) is 4.00. The summed E-state index contributed by atoms with van der Waals surface area (Å²) >= 11 is 0. The van der Waals surface area contributed by atoms with E-state index < -0.39 is 0 Å². The molecular formula is C32H35N9O2. The van der Waals surface area contributed by atoms with Gasteiger partial charge in [-0.25, -0.2) is 19.9 Å². The number of likely N-dealkylation sites (tertiary alicyclic amines) is 1. The number of nitrogens with zero attached hydrogens (tertiary/aromatic N) is 7. The van der Waals surface area contributed by atoms with Crippen LogP contribution < -0.4 is 15.8 Å². The van der Waals surface area contributed by atoms with Crippen LogP contribution in [0.15, 0.2) is 42.7 Å². The smallest absolute Gasteiger partial charge is 0.254 e. The molecule has 5 heterocycles. The van der Waals surface area contributed by atoms with E-state index in [1.807, 2.05) is 30.1 Å². The lowest BCUT2D eigenvalue weighted by atomic mass is 10.1. The van der Waals surface area contributed by atoms with Crippen LogP contribution in [-0.2, 0) is 13.6 Å². The zero-order valence-corrected chi connectivity index (χ0v) is 24.6. The van der Waals surface area contributed by atoms with Gasteiger partial charge in [-0.15, -0.1) is 0 Å². The number of aryl methyl sites for hydroxylation is 1. The summed E-state index contributed by atoms with van der Waals surface area (Å²) in [7, 11) is 5.45. The molecule has 3 fully saturated rings. The van der Waals surface area contributed by atoms with Crippen LogP contribution in [0.25, 0.3) is 44.8 Å². The van der Waals surface area contributed by atoms with E-state index in [0.29, 0.717) is 29.1 Å². The number of benzene rings is 1. The van der Waals surface area contributed by atoms with Gasteiger partial charge < -0.3 is 29.8 Å². The molecule has 1 aliphatic heterocycles. The maximum atomic E-state index is 13.7. The highest BCUT2D eigenvalue weighted by molar-refractivity contribution is 6.00. The summed E-state index contributed by atoms with van der Waals surface area (Å²) in [5.74, 6) is 3.02. The maximum Gasteiger partial charge on any atom is 0.254 e. The monoisotopic (exact) mass is 577 g/mol. The third-order valence-corrected chi connectivity index (χ3v) is 9.60. The van der Waals surface area contributed by atoms with Crippen LogP contribution in [0.5, 0.6) is 5.75 Å². The van der Waals surface area contributed by atoms with Crippen LogP contribution in [0, 0.1) is 11.8 Å². The minimum atomic E-state index is 0.00126. The quantitative estimate of drug-likeness (QED) is 0.296. The molecule has 0 spiro atoms. The van der Waals surface area contributed by atoms with E-state index in [9.17, 15) is 4.79 Å². The molecule has 1 saturated heterocycles. The predicted octanol–water partition coefficient (Wildman–Crippen LogP) is 4.07. The molecule has 3 aliphatic rings. The molecule has 8 rings (SSSR count). The van der Waals surface area contributed by atoms with Crippen LogP contribution in [0.4, 0.5) is 5.95 Å².